The fourth-order valence-electron chi connectivity index (χ4n) is 3.58. The molecule has 3 rings (SSSR count). The van der Waals surface area contributed by atoms with Crippen LogP contribution >= 0.6 is 0 Å². The van der Waals surface area contributed by atoms with Gasteiger partial charge in [-0.15, -0.1) is 0 Å². The molecule has 174 valence electrons. The Kier molecular flexibility index (Phi) is 8.29. The van der Waals surface area contributed by atoms with Gasteiger partial charge in [0.05, 0.1) is 0 Å². The molecule has 3 amide bonds. The van der Waals surface area contributed by atoms with E-state index in [-0.39, 0.29) is 24.5 Å². The van der Waals surface area contributed by atoms with Crippen molar-refractivity contribution in [3.05, 3.63) is 107 Å². The van der Waals surface area contributed by atoms with E-state index in [1.807, 2.05) is 36.4 Å². The van der Waals surface area contributed by atoms with Crippen LogP contribution in [0.5, 0.6) is 0 Å². The number of nitrogens with one attached hydrogen (secondary N) is 2. The first-order valence-corrected chi connectivity index (χ1v) is 10.9. The second-order valence-corrected chi connectivity index (χ2v) is 8.00. The van der Waals surface area contributed by atoms with Crippen molar-refractivity contribution in [2.75, 3.05) is 0 Å². The van der Waals surface area contributed by atoms with E-state index in [2.05, 4.69) is 10.6 Å². The lowest BCUT2D eigenvalue weighted by Gasteiger charge is -2.22. The van der Waals surface area contributed by atoms with Crippen molar-refractivity contribution < 1.29 is 19.2 Å². The van der Waals surface area contributed by atoms with Gasteiger partial charge in [0.2, 0.25) is 17.7 Å². The monoisotopic (exact) mass is 457 g/mol. The molecule has 0 radical (unpaired) electrons. The van der Waals surface area contributed by atoms with E-state index < -0.39 is 23.9 Å². The molecule has 3 aromatic rings. The molecule has 0 fully saturated rings. The van der Waals surface area contributed by atoms with Crippen LogP contribution in [-0.4, -0.2) is 35.6 Å². The van der Waals surface area contributed by atoms with Crippen LogP contribution in [0.25, 0.3) is 0 Å². The summed E-state index contributed by atoms with van der Waals surface area (Å²) in [6.07, 6.45) is 0.424. The predicted molar refractivity (Wildman–Crippen MR) is 129 cm³/mol. The topological polar surface area (TPSA) is 118 Å². The summed E-state index contributed by atoms with van der Waals surface area (Å²) < 4.78 is 0. The average Bonchev–Trinajstić information content (AvgIpc) is 2.84. The maximum Gasteiger partial charge on any atom is 0.243 e. The van der Waals surface area contributed by atoms with Gasteiger partial charge < -0.3 is 16.4 Å². The Bertz CT molecular complexity index is 1150. The smallest absolute Gasteiger partial charge is 0.243 e. The van der Waals surface area contributed by atoms with Crippen LogP contribution in [0.4, 0.5) is 0 Å². The number of nitrogens with two attached hydrogens (primary N) is 1. The maximum absolute atomic E-state index is 12.9. The molecule has 0 spiro atoms. The molecule has 7 nitrogen and oxygen atoms in total. The third kappa shape index (κ3) is 6.87. The third-order valence-corrected chi connectivity index (χ3v) is 5.33. The summed E-state index contributed by atoms with van der Waals surface area (Å²) >= 11 is 0. The van der Waals surface area contributed by atoms with E-state index in [9.17, 15) is 19.2 Å². The van der Waals surface area contributed by atoms with Gasteiger partial charge in [-0.05, 0) is 11.1 Å². The molecule has 0 heterocycles. The number of hydrogen-bond donors (Lipinski definition) is 3. The first-order valence-electron chi connectivity index (χ1n) is 10.9. The Balaban J connectivity index is 1.69. The van der Waals surface area contributed by atoms with E-state index >= 15 is 0 Å². The van der Waals surface area contributed by atoms with Crippen LogP contribution in [0, 0.1) is 0 Å². The highest BCUT2D eigenvalue weighted by Gasteiger charge is 2.25. The first kappa shape index (κ1) is 24.4. The van der Waals surface area contributed by atoms with E-state index in [1.54, 1.807) is 48.5 Å². The Labute approximate surface area is 198 Å². The lowest BCUT2D eigenvalue weighted by molar-refractivity contribution is -0.130. The largest absolute Gasteiger partial charge is 0.368 e. The number of primary amides is 1. The molecule has 0 aliphatic heterocycles. The maximum atomic E-state index is 12.9. The van der Waals surface area contributed by atoms with Crippen LogP contribution in [0.15, 0.2) is 84.9 Å². The van der Waals surface area contributed by atoms with E-state index in [4.69, 9.17) is 5.73 Å². The van der Waals surface area contributed by atoms with Crippen molar-refractivity contribution in [3.8, 4) is 0 Å². The molecule has 0 unspecified atom stereocenters. The van der Waals surface area contributed by atoms with E-state index in [0.717, 1.165) is 11.1 Å². The molecule has 0 aliphatic carbocycles. The van der Waals surface area contributed by atoms with Crippen LogP contribution < -0.4 is 16.4 Å². The lowest BCUT2D eigenvalue weighted by atomic mass is 9.99. The lowest BCUT2D eigenvalue weighted by Crippen LogP contribution is -2.54. The zero-order valence-electron chi connectivity index (χ0n) is 18.9. The molecule has 0 bridgehead atoms. The number of carbonyl (C=O) groups excluding carboxylic acids is 4. The van der Waals surface area contributed by atoms with Crippen molar-refractivity contribution in [1.82, 2.24) is 10.6 Å². The molecule has 2 atom stereocenters. The van der Waals surface area contributed by atoms with Crippen molar-refractivity contribution in [2.24, 2.45) is 5.73 Å². The fraction of sp³-hybridized carbons (Fsp3) is 0.185. The van der Waals surface area contributed by atoms with Gasteiger partial charge >= 0.3 is 0 Å². The Morgan fingerprint density at radius 3 is 1.74 bits per heavy atom. The van der Waals surface area contributed by atoms with Crippen molar-refractivity contribution >= 4 is 23.5 Å². The molecule has 0 aromatic heterocycles. The molecular weight excluding hydrogens is 430 g/mol. The highest BCUT2D eigenvalue weighted by atomic mass is 16.2. The summed E-state index contributed by atoms with van der Waals surface area (Å²) in [5, 5.41) is 5.29. The Hall–Kier alpha value is -4.26. The van der Waals surface area contributed by atoms with Crippen molar-refractivity contribution in [1.29, 1.82) is 0 Å². The summed E-state index contributed by atoms with van der Waals surface area (Å²) in [5.41, 5.74) is 8.24. The van der Waals surface area contributed by atoms with Crippen molar-refractivity contribution in [3.63, 3.8) is 0 Å². The quantitative estimate of drug-likeness (QED) is 0.404. The van der Waals surface area contributed by atoms with Gasteiger partial charge in [-0.2, -0.15) is 0 Å². The highest BCUT2D eigenvalue weighted by Crippen LogP contribution is 2.13. The number of rotatable bonds is 10. The summed E-state index contributed by atoms with van der Waals surface area (Å²) in [5.74, 6) is -1.66. The number of benzene rings is 3. The minimum atomic E-state index is -0.977. The molecule has 0 saturated heterocycles. The normalized spacial score (nSPS) is 12.3. The van der Waals surface area contributed by atoms with Gasteiger partial charge in [-0.3, -0.25) is 19.2 Å². The van der Waals surface area contributed by atoms with Gasteiger partial charge in [0.25, 0.3) is 0 Å². The molecule has 4 N–H and O–H groups in total. The minimum absolute atomic E-state index is 0.106. The predicted octanol–water partition coefficient (Wildman–Crippen LogP) is 2.18. The third-order valence-electron chi connectivity index (χ3n) is 5.33. The molecular formula is C27H27N3O4. The zero-order valence-corrected chi connectivity index (χ0v) is 18.9. The Morgan fingerprint density at radius 1 is 0.676 bits per heavy atom. The number of amides is 3. The van der Waals surface area contributed by atoms with Gasteiger partial charge in [0.1, 0.15) is 12.1 Å². The van der Waals surface area contributed by atoms with Crippen LogP contribution in [0.1, 0.15) is 34.0 Å². The first-order chi connectivity index (χ1) is 16.3. The highest BCUT2D eigenvalue weighted by molar-refractivity contribution is 6.08. The van der Waals surface area contributed by atoms with E-state index in [0.29, 0.717) is 11.1 Å². The van der Waals surface area contributed by atoms with Gasteiger partial charge in [-0.25, -0.2) is 0 Å². The molecule has 7 heteroatoms. The molecule has 3 aromatic carbocycles. The minimum Gasteiger partial charge on any atom is -0.368 e. The number of carbonyl (C=O) groups is 4. The molecule has 34 heavy (non-hydrogen) atoms. The number of ketones is 1. The fourth-order valence-corrected chi connectivity index (χ4v) is 3.58. The SMILES string of the molecule is CC(=O)N[C@H](Cc1ccccc1)C(=O)N[C@H](Cc1ccc(C(=O)c2ccccc2)cc1)C(N)=O. The molecule has 0 saturated carbocycles. The second-order valence-electron chi connectivity index (χ2n) is 8.00. The van der Waals surface area contributed by atoms with E-state index in [1.165, 1.54) is 6.92 Å². The summed E-state index contributed by atoms with van der Waals surface area (Å²) in [6.45, 7) is 1.33. The van der Waals surface area contributed by atoms with Crippen LogP contribution in [-0.2, 0) is 27.2 Å². The zero-order chi connectivity index (χ0) is 24.5. The number of hydrogen-bond acceptors (Lipinski definition) is 4. The summed E-state index contributed by atoms with van der Waals surface area (Å²) in [7, 11) is 0. The summed E-state index contributed by atoms with van der Waals surface area (Å²) in [4.78, 5) is 49.2. The van der Waals surface area contributed by atoms with Gasteiger partial charge in [0.15, 0.2) is 5.78 Å². The average molecular weight is 458 g/mol. The van der Waals surface area contributed by atoms with Crippen LogP contribution in [0.2, 0.25) is 0 Å². The standard InChI is InChI=1S/C27H27N3O4/c1-18(31)29-24(17-19-8-4-2-5-9-19)27(34)30-23(26(28)33)16-20-12-14-22(15-13-20)25(32)21-10-6-3-7-11-21/h2-15,23-24H,16-17H2,1H3,(H2,28,33)(H,29,31)(H,30,34)/t23-,24-/m1/s1. The Morgan fingerprint density at radius 2 is 1.18 bits per heavy atom. The van der Waals surface area contributed by atoms with Gasteiger partial charge in [0, 0.05) is 30.9 Å². The summed E-state index contributed by atoms with van der Waals surface area (Å²) in [6, 6.07) is 23.2. The van der Waals surface area contributed by atoms with Gasteiger partial charge in [-0.1, -0.05) is 84.9 Å². The molecule has 0 aliphatic rings. The second kappa shape index (κ2) is 11.6. The van der Waals surface area contributed by atoms with Crippen LogP contribution in [0.3, 0.4) is 0 Å². The van der Waals surface area contributed by atoms with Crippen molar-refractivity contribution in [2.45, 2.75) is 31.8 Å².